The van der Waals surface area contributed by atoms with E-state index in [9.17, 15) is 4.79 Å². The van der Waals surface area contributed by atoms with Crippen LogP contribution in [0.1, 0.15) is 20.3 Å². The molecule has 0 rings (SSSR count). The normalized spacial score (nSPS) is 17.2. The van der Waals surface area contributed by atoms with Gasteiger partial charge in [0.05, 0.1) is 11.5 Å². The van der Waals surface area contributed by atoms with E-state index in [1.54, 1.807) is 13.8 Å². The molecule has 76 valence electrons. The Bertz CT molecular complexity index is 180. The minimum Gasteiger partial charge on any atom is -0.458 e. The second-order valence-electron chi connectivity index (χ2n) is 2.95. The van der Waals surface area contributed by atoms with E-state index < -0.39 is 18.2 Å². The van der Waals surface area contributed by atoms with Gasteiger partial charge in [-0.15, -0.1) is 11.6 Å². The van der Waals surface area contributed by atoms with Crippen LogP contribution in [0, 0.1) is 0 Å². The minimum absolute atomic E-state index is 0.371. The van der Waals surface area contributed by atoms with Crippen LogP contribution < -0.4 is 0 Å². The molecule has 3 atom stereocenters. The van der Waals surface area contributed by atoms with Crippen molar-refractivity contribution in [1.29, 1.82) is 0 Å². The van der Waals surface area contributed by atoms with Crippen molar-refractivity contribution in [1.82, 2.24) is 0 Å². The summed E-state index contributed by atoms with van der Waals surface area (Å²) < 4.78 is 4.86. The third kappa shape index (κ3) is 5.66. The molecule has 0 aromatic rings. The van der Waals surface area contributed by atoms with Gasteiger partial charge < -0.3 is 9.84 Å². The van der Waals surface area contributed by atoms with Gasteiger partial charge in [0.2, 0.25) is 0 Å². The standard InChI is InChI=1S/C9H15ClO3/c1-4-9(12)13-7(3)8(10)5-6(2)11/h4,6-8,11H,1,5H2,2-3H3. The number of ether oxygens (including phenoxy) is 1. The van der Waals surface area contributed by atoms with Gasteiger partial charge in [0.15, 0.2) is 0 Å². The molecule has 0 aliphatic heterocycles. The van der Waals surface area contributed by atoms with Crippen molar-refractivity contribution in [2.45, 2.75) is 37.9 Å². The van der Waals surface area contributed by atoms with Crippen molar-refractivity contribution < 1.29 is 14.6 Å². The molecule has 0 fully saturated rings. The number of rotatable bonds is 5. The first-order valence-electron chi connectivity index (χ1n) is 4.12. The van der Waals surface area contributed by atoms with Gasteiger partial charge >= 0.3 is 5.97 Å². The highest BCUT2D eigenvalue weighted by molar-refractivity contribution is 6.21. The molecule has 0 radical (unpaired) electrons. The summed E-state index contributed by atoms with van der Waals surface area (Å²) in [6.07, 6.45) is 0.574. The summed E-state index contributed by atoms with van der Waals surface area (Å²) in [5.74, 6) is -0.497. The Hall–Kier alpha value is -0.540. The third-order valence-corrected chi connectivity index (χ3v) is 2.08. The Morgan fingerprint density at radius 1 is 1.69 bits per heavy atom. The molecular weight excluding hydrogens is 192 g/mol. The molecule has 13 heavy (non-hydrogen) atoms. The van der Waals surface area contributed by atoms with Crippen LogP contribution in [0.25, 0.3) is 0 Å². The van der Waals surface area contributed by atoms with Crippen molar-refractivity contribution in [2.24, 2.45) is 0 Å². The largest absolute Gasteiger partial charge is 0.458 e. The molecule has 0 aliphatic carbocycles. The fourth-order valence-electron chi connectivity index (χ4n) is 0.823. The molecule has 0 saturated carbocycles. The fraction of sp³-hybridized carbons (Fsp3) is 0.667. The molecular formula is C9H15ClO3. The highest BCUT2D eigenvalue weighted by Gasteiger charge is 2.19. The zero-order valence-corrected chi connectivity index (χ0v) is 8.62. The number of alkyl halides is 1. The Morgan fingerprint density at radius 2 is 2.23 bits per heavy atom. The molecule has 3 unspecified atom stereocenters. The molecule has 3 nitrogen and oxygen atoms in total. The van der Waals surface area contributed by atoms with Crippen LogP contribution >= 0.6 is 11.6 Å². The SMILES string of the molecule is C=CC(=O)OC(C)C(Cl)CC(C)O. The van der Waals surface area contributed by atoms with Gasteiger partial charge in [-0.25, -0.2) is 4.79 Å². The monoisotopic (exact) mass is 206 g/mol. The number of halogens is 1. The average molecular weight is 207 g/mol. The second-order valence-corrected chi connectivity index (χ2v) is 3.51. The maximum atomic E-state index is 10.8. The molecule has 0 heterocycles. The van der Waals surface area contributed by atoms with Gasteiger partial charge in [-0.05, 0) is 20.3 Å². The van der Waals surface area contributed by atoms with Crippen LogP contribution in [-0.4, -0.2) is 28.7 Å². The summed E-state index contributed by atoms with van der Waals surface area (Å²) in [6, 6.07) is 0. The van der Waals surface area contributed by atoms with E-state index in [0.717, 1.165) is 6.08 Å². The molecule has 0 aromatic carbocycles. The number of hydrogen-bond acceptors (Lipinski definition) is 3. The number of hydrogen-bond donors (Lipinski definition) is 1. The summed E-state index contributed by atoms with van der Waals surface area (Å²) in [5.41, 5.74) is 0. The van der Waals surface area contributed by atoms with E-state index in [1.165, 1.54) is 0 Å². The zero-order chi connectivity index (χ0) is 10.4. The second kappa shape index (κ2) is 6.00. The van der Waals surface area contributed by atoms with Gasteiger partial charge in [0.25, 0.3) is 0 Å². The molecule has 1 N–H and O–H groups in total. The van der Waals surface area contributed by atoms with E-state index in [2.05, 4.69) is 6.58 Å². The van der Waals surface area contributed by atoms with Crippen molar-refractivity contribution in [3.8, 4) is 0 Å². The summed E-state index contributed by atoms with van der Waals surface area (Å²) >= 11 is 5.86. The smallest absolute Gasteiger partial charge is 0.330 e. The minimum atomic E-state index is -0.497. The highest BCUT2D eigenvalue weighted by atomic mass is 35.5. The van der Waals surface area contributed by atoms with Gasteiger partial charge in [-0.1, -0.05) is 6.58 Å². The maximum Gasteiger partial charge on any atom is 0.330 e. The van der Waals surface area contributed by atoms with Crippen molar-refractivity contribution in [3.63, 3.8) is 0 Å². The van der Waals surface area contributed by atoms with E-state index in [1.807, 2.05) is 0 Å². The lowest BCUT2D eigenvalue weighted by Crippen LogP contribution is -2.26. The maximum absolute atomic E-state index is 10.8. The molecule has 0 saturated heterocycles. The molecule has 0 aliphatic rings. The van der Waals surface area contributed by atoms with Gasteiger partial charge in [0.1, 0.15) is 6.10 Å². The van der Waals surface area contributed by atoms with Crippen molar-refractivity contribution in [3.05, 3.63) is 12.7 Å². The number of carbonyl (C=O) groups is 1. The first kappa shape index (κ1) is 12.5. The Kier molecular flexibility index (Phi) is 5.75. The average Bonchev–Trinajstić information content (AvgIpc) is 2.02. The first-order valence-corrected chi connectivity index (χ1v) is 4.56. The lowest BCUT2D eigenvalue weighted by Gasteiger charge is -2.18. The molecule has 4 heteroatoms. The van der Waals surface area contributed by atoms with Crippen LogP contribution in [0.15, 0.2) is 12.7 Å². The summed E-state index contributed by atoms with van der Waals surface area (Å²) in [6.45, 7) is 6.59. The third-order valence-electron chi connectivity index (χ3n) is 1.54. The summed E-state index contributed by atoms with van der Waals surface area (Å²) in [4.78, 5) is 10.8. The Morgan fingerprint density at radius 3 is 2.62 bits per heavy atom. The van der Waals surface area contributed by atoms with Crippen LogP contribution in [0.4, 0.5) is 0 Å². The number of aliphatic hydroxyl groups excluding tert-OH is 1. The van der Waals surface area contributed by atoms with Crippen LogP contribution in [0.5, 0.6) is 0 Å². The van der Waals surface area contributed by atoms with Crippen molar-refractivity contribution in [2.75, 3.05) is 0 Å². The van der Waals surface area contributed by atoms with Crippen LogP contribution in [0.2, 0.25) is 0 Å². The van der Waals surface area contributed by atoms with Crippen molar-refractivity contribution >= 4 is 17.6 Å². The Labute approximate surface area is 83.3 Å². The topological polar surface area (TPSA) is 46.5 Å². The summed E-state index contributed by atoms with van der Waals surface area (Å²) in [5, 5.41) is 8.65. The van der Waals surface area contributed by atoms with E-state index in [-0.39, 0.29) is 5.38 Å². The zero-order valence-electron chi connectivity index (χ0n) is 7.87. The van der Waals surface area contributed by atoms with Crippen LogP contribution in [0.3, 0.4) is 0 Å². The van der Waals surface area contributed by atoms with Gasteiger partial charge in [0, 0.05) is 6.08 Å². The molecule has 0 spiro atoms. The Balaban J connectivity index is 3.88. The van der Waals surface area contributed by atoms with Crippen LogP contribution in [-0.2, 0) is 9.53 Å². The molecule has 0 amide bonds. The number of aliphatic hydroxyl groups is 1. The fourth-order valence-corrected chi connectivity index (χ4v) is 1.13. The number of esters is 1. The van der Waals surface area contributed by atoms with E-state index in [0.29, 0.717) is 6.42 Å². The van der Waals surface area contributed by atoms with Gasteiger partial charge in [-0.3, -0.25) is 0 Å². The molecule has 0 bridgehead atoms. The first-order chi connectivity index (χ1) is 5.97. The lowest BCUT2D eigenvalue weighted by molar-refractivity contribution is -0.142. The number of carbonyl (C=O) groups excluding carboxylic acids is 1. The predicted octanol–water partition coefficient (Wildman–Crippen LogP) is 1.48. The van der Waals surface area contributed by atoms with E-state index in [4.69, 9.17) is 21.4 Å². The molecule has 0 aromatic heterocycles. The lowest BCUT2D eigenvalue weighted by atomic mass is 10.1. The van der Waals surface area contributed by atoms with E-state index >= 15 is 0 Å². The van der Waals surface area contributed by atoms with Gasteiger partial charge in [-0.2, -0.15) is 0 Å². The quantitative estimate of drug-likeness (QED) is 0.421. The summed E-state index contributed by atoms with van der Waals surface area (Å²) in [7, 11) is 0. The predicted molar refractivity (Wildman–Crippen MR) is 51.7 cm³/mol. The highest BCUT2D eigenvalue weighted by Crippen LogP contribution is 2.13.